The summed E-state index contributed by atoms with van der Waals surface area (Å²) in [6, 6.07) is 5.60. The molecule has 4 nitrogen and oxygen atoms in total. The van der Waals surface area contributed by atoms with Gasteiger partial charge in [-0.2, -0.15) is 0 Å². The van der Waals surface area contributed by atoms with Crippen molar-refractivity contribution in [2.75, 3.05) is 0 Å². The van der Waals surface area contributed by atoms with Gasteiger partial charge < -0.3 is 9.67 Å². The van der Waals surface area contributed by atoms with Crippen LogP contribution in [0.15, 0.2) is 24.5 Å². The van der Waals surface area contributed by atoms with E-state index in [0.29, 0.717) is 17.5 Å². The smallest absolute Gasteiger partial charge is 0.335 e. The Morgan fingerprint density at radius 2 is 2.16 bits per heavy atom. The number of nitrogens with zero attached hydrogens (tertiary/aromatic N) is 2. The zero-order valence-electron chi connectivity index (χ0n) is 11.0. The molecule has 2 aromatic rings. The van der Waals surface area contributed by atoms with Crippen LogP contribution < -0.4 is 0 Å². The van der Waals surface area contributed by atoms with Gasteiger partial charge >= 0.3 is 5.97 Å². The van der Waals surface area contributed by atoms with E-state index in [0.717, 1.165) is 17.5 Å². The Morgan fingerprint density at radius 1 is 1.37 bits per heavy atom. The van der Waals surface area contributed by atoms with Crippen molar-refractivity contribution in [3.05, 3.63) is 30.1 Å². The Kier molecular flexibility index (Phi) is 3.01. The van der Waals surface area contributed by atoms with Crippen LogP contribution in [0.5, 0.6) is 0 Å². The third kappa shape index (κ3) is 2.11. The predicted octanol–water partition coefficient (Wildman–Crippen LogP) is 3.49. The van der Waals surface area contributed by atoms with Crippen molar-refractivity contribution in [1.82, 2.24) is 9.55 Å². The molecular weight excluding hydrogens is 240 g/mol. The van der Waals surface area contributed by atoms with E-state index in [1.54, 1.807) is 18.2 Å². The fraction of sp³-hybridized carbons (Fsp3) is 0.467. The number of fused-ring (bicyclic) bond motifs is 1. The van der Waals surface area contributed by atoms with Gasteiger partial charge in [-0.25, -0.2) is 9.78 Å². The number of carbonyl (C=O) groups is 1. The van der Waals surface area contributed by atoms with Gasteiger partial charge in [-0.1, -0.05) is 19.8 Å². The Morgan fingerprint density at radius 3 is 2.89 bits per heavy atom. The highest BCUT2D eigenvalue weighted by Gasteiger charge is 2.24. The normalized spacial score (nSPS) is 23.6. The number of aromatic carboxylic acids is 1. The molecule has 0 saturated heterocycles. The van der Waals surface area contributed by atoms with Crippen molar-refractivity contribution in [1.29, 1.82) is 0 Å². The van der Waals surface area contributed by atoms with E-state index >= 15 is 0 Å². The van der Waals surface area contributed by atoms with Crippen LogP contribution in [0.1, 0.15) is 49.0 Å². The number of aromatic nitrogens is 2. The maximum atomic E-state index is 11.1. The minimum Gasteiger partial charge on any atom is -0.478 e. The molecule has 1 aliphatic rings. The molecule has 1 aromatic heterocycles. The van der Waals surface area contributed by atoms with Gasteiger partial charge in [-0.05, 0) is 37.0 Å². The largest absolute Gasteiger partial charge is 0.478 e. The van der Waals surface area contributed by atoms with Crippen molar-refractivity contribution in [3.8, 4) is 0 Å². The molecule has 2 unspecified atom stereocenters. The summed E-state index contributed by atoms with van der Waals surface area (Å²) in [7, 11) is 0. The van der Waals surface area contributed by atoms with Gasteiger partial charge in [0.1, 0.15) is 0 Å². The molecule has 1 aliphatic carbocycles. The minimum atomic E-state index is -0.883. The summed E-state index contributed by atoms with van der Waals surface area (Å²) in [5.74, 6) is -0.258. The van der Waals surface area contributed by atoms with Crippen molar-refractivity contribution in [2.24, 2.45) is 5.92 Å². The van der Waals surface area contributed by atoms with E-state index in [1.807, 2.05) is 6.33 Å². The highest BCUT2D eigenvalue weighted by molar-refractivity contribution is 5.92. The molecular formula is C15H18N2O2. The van der Waals surface area contributed by atoms with Crippen LogP contribution in [0.2, 0.25) is 0 Å². The van der Waals surface area contributed by atoms with E-state index in [1.165, 1.54) is 19.3 Å². The summed E-state index contributed by atoms with van der Waals surface area (Å²) in [5, 5.41) is 9.11. The van der Waals surface area contributed by atoms with Crippen LogP contribution in [-0.2, 0) is 0 Å². The van der Waals surface area contributed by atoms with E-state index in [-0.39, 0.29) is 0 Å². The second-order valence-corrected chi connectivity index (χ2v) is 5.49. The van der Waals surface area contributed by atoms with Gasteiger partial charge in [-0.3, -0.25) is 0 Å². The first kappa shape index (κ1) is 12.2. The van der Waals surface area contributed by atoms with Crippen LogP contribution in [0, 0.1) is 5.92 Å². The summed E-state index contributed by atoms with van der Waals surface area (Å²) in [5.41, 5.74) is 2.15. The Hall–Kier alpha value is -1.84. The first-order valence-corrected chi connectivity index (χ1v) is 6.86. The second-order valence-electron chi connectivity index (χ2n) is 5.49. The summed E-state index contributed by atoms with van der Waals surface area (Å²) < 4.78 is 2.17. The number of carboxylic acids is 1. The Bertz CT molecular complexity index is 618. The number of carboxylic acid groups (broad SMARTS) is 1. The molecule has 1 fully saturated rings. The van der Waals surface area contributed by atoms with Gasteiger partial charge in [0.05, 0.1) is 22.9 Å². The molecule has 0 spiro atoms. The summed E-state index contributed by atoms with van der Waals surface area (Å²) in [6.07, 6.45) is 6.80. The molecule has 3 rings (SSSR count). The van der Waals surface area contributed by atoms with Gasteiger partial charge in [-0.15, -0.1) is 0 Å². The fourth-order valence-corrected chi connectivity index (χ4v) is 3.13. The van der Waals surface area contributed by atoms with E-state index in [9.17, 15) is 4.79 Å². The minimum absolute atomic E-state index is 0.331. The SMILES string of the molecule is CC1CCCCC1n1cnc2ccc(C(=O)O)cc21. The highest BCUT2D eigenvalue weighted by Crippen LogP contribution is 2.35. The molecule has 100 valence electrons. The van der Waals surface area contributed by atoms with Crippen molar-refractivity contribution < 1.29 is 9.90 Å². The van der Waals surface area contributed by atoms with Crippen molar-refractivity contribution in [3.63, 3.8) is 0 Å². The van der Waals surface area contributed by atoms with Gasteiger partial charge in [0, 0.05) is 6.04 Å². The van der Waals surface area contributed by atoms with Gasteiger partial charge in [0.25, 0.3) is 0 Å². The molecule has 19 heavy (non-hydrogen) atoms. The third-order valence-corrected chi connectivity index (χ3v) is 4.25. The Balaban J connectivity index is 2.07. The molecule has 0 bridgehead atoms. The van der Waals surface area contributed by atoms with Crippen molar-refractivity contribution in [2.45, 2.75) is 38.6 Å². The van der Waals surface area contributed by atoms with Crippen LogP contribution in [0.4, 0.5) is 0 Å². The van der Waals surface area contributed by atoms with Gasteiger partial charge in [0.15, 0.2) is 0 Å². The number of imidazole rings is 1. The zero-order chi connectivity index (χ0) is 13.4. The molecule has 0 aliphatic heterocycles. The quantitative estimate of drug-likeness (QED) is 0.897. The topological polar surface area (TPSA) is 55.1 Å². The lowest BCUT2D eigenvalue weighted by molar-refractivity contribution is 0.0697. The van der Waals surface area contributed by atoms with E-state index in [4.69, 9.17) is 5.11 Å². The van der Waals surface area contributed by atoms with E-state index < -0.39 is 5.97 Å². The molecule has 1 N–H and O–H groups in total. The highest BCUT2D eigenvalue weighted by atomic mass is 16.4. The maximum absolute atomic E-state index is 11.1. The van der Waals surface area contributed by atoms with Crippen LogP contribution >= 0.6 is 0 Å². The molecule has 1 heterocycles. The summed E-state index contributed by atoms with van der Waals surface area (Å²) in [6.45, 7) is 2.27. The molecule has 0 radical (unpaired) electrons. The van der Waals surface area contributed by atoms with E-state index in [2.05, 4.69) is 16.5 Å². The Labute approximate surface area is 112 Å². The number of hydrogen-bond acceptors (Lipinski definition) is 2. The number of hydrogen-bond donors (Lipinski definition) is 1. The monoisotopic (exact) mass is 258 g/mol. The average molecular weight is 258 g/mol. The van der Waals surface area contributed by atoms with Crippen LogP contribution in [0.3, 0.4) is 0 Å². The standard InChI is InChI=1S/C15H18N2O2/c1-10-4-2-3-5-13(10)17-9-16-12-7-6-11(15(18)19)8-14(12)17/h6-10,13H,2-5H2,1H3,(H,18,19). The van der Waals surface area contributed by atoms with Gasteiger partial charge in [0.2, 0.25) is 0 Å². The fourth-order valence-electron chi connectivity index (χ4n) is 3.13. The summed E-state index contributed by atoms with van der Waals surface area (Å²) >= 11 is 0. The zero-order valence-corrected chi connectivity index (χ0v) is 11.0. The molecule has 2 atom stereocenters. The first-order valence-electron chi connectivity index (χ1n) is 6.86. The van der Waals surface area contributed by atoms with Crippen molar-refractivity contribution >= 4 is 17.0 Å². The number of rotatable bonds is 2. The average Bonchev–Trinajstić information content (AvgIpc) is 2.82. The van der Waals surface area contributed by atoms with Crippen LogP contribution in [-0.4, -0.2) is 20.6 Å². The molecule has 0 amide bonds. The second kappa shape index (κ2) is 4.68. The summed E-state index contributed by atoms with van der Waals surface area (Å²) in [4.78, 5) is 15.5. The number of benzene rings is 1. The maximum Gasteiger partial charge on any atom is 0.335 e. The molecule has 1 saturated carbocycles. The lowest BCUT2D eigenvalue weighted by Crippen LogP contribution is -2.20. The van der Waals surface area contributed by atoms with Crippen LogP contribution in [0.25, 0.3) is 11.0 Å². The molecule has 4 heteroatoms. The predicted molar refractivity (Wildman–Crippen MR) is 73.4 cm³/mol. The lowest BCUT2D eigenvalue weighted by atomic mass is 9.85. The first-order chi connectivity index (χ1) is 9.16. The molecule has 1 aromatic carbocycles. The third-order valence-electron chi connectivity index (χ3n) is 4.25. The lowest BCUT2D eigenvalue weighted by Gasteiger charge is -2.30.